The summed E-state index contributed by atoms with van der Waals surface area (Å²) in [5.74, 6) is -4.68. The van der Waals surface area contributed by atoms with E-state index in [2.05, 4.69) is 22.2 Å². The minimum Gasteiger partial charge on any atom is -0.478 e. The number of aromatic nitrogens is 2. The lowest BCUT2D eigenvalue weighted by Crippen LogP contribution is -2.43. The number of amides is 1. The quantitative estimate of drug-likeness (QED) is 0.192. The number of carbonyl (C=O) groups excluding carboxylic acids is 1. The van der Waals surface area contributed by atoms with Gasteiger partial charge in [0.2, 0.25) is 11.8 Å². The second-order valence-electron chi connectivity index (χ2n) is 11.0. The zero-order valence-corrected chi connectivity index (χ0v) is 24.7. The Bertz CT molecular complexity index is 1520. The molecule has 2 aromatic heterocycles. The van der Waals surface area contributed by atoms with Crippen LogP contribution in [0.2, 0.25) is 5.15 Å². The fraction of sp³-hybridized carbons (Fsp3) is 0.400. The molecule has 0 spiro atoms. The highest BCUT2D eigenvalue weighted by Crippen LogP contribution is 2.41. The second-order valence-corrected chi connectivity index (χ2v) is 11.3. The number of aromatic carboxylic acids is 1. The van der Waals surface area contributed by atoms with Crippen molar-refractivity contribution in [3.05, 3.63) is 64.3 Å². The molecule has 1 aromatic carbocycles. The highest BCUT2D eigenvalue weighted by Gasteiger charge is 2.37. The summed E-state index contributed by atoms with van der Waals surface area (Å²) in [6, 6.07) is 4.90. The predicted molar refractivity (Wildman–Crippen MR) is 154 cm³/mol. The molecule has 1 fully saturated rings. The molecule has 230 valence electrons. The lowest BCUT2D eigenvalue weighted by Gasteiger charge is -2.34. The van der Waals surface area contributed by atoms with Crippen LogP contribution in [0.1, 0.15) is 68.1 Å². The van der Waals surface area contributed by atoms with Crippen molar-refractivity contribution in [1.29, 1.82) is 0 Å². The zero-order valence-electron chi connectivity index (χ0n) is 23.9. The molecular weight excluding hydrogens is 592 g/mol. The highest BCUT2D eigenvalue weighted by atomic mass is 35.5. The number of alkyl halides is 3. The monoisotopic (exact) mass is 622 g/mol. The first kappa shape index (κ1) is 32.0. The Balaban J connectivity index is 1.70. The lowest BCUT2D eigenvalue weighted by atomic mass is 9.82. The maximum Gasteiger partial charge on any atom is 0.421 e. The van der Waals surface area contributed by atoms with E-state index in [1.54, 1.807) is 26.8 Å². The largest absolute Gasteiger partial charge is 0.478 e. The number of hydrogen-bond acceptors (Lipinski definition) is 6. The molecule has 0 radical (unpaired) electrons. The number of ether oxygens (including phenoxy) is 1. The molecule has 43 heavy (non-hydrogen) atoms. The van der Waals surface area contributed by atoms with Crippen LogP contribution in [-0.2, 0) is 11.0 Å². The summed E-state index contributed by atoms with van der Waals surface area (Å²) in [5, 5.41) is 12.7. The van der Waals surface area contributed by atoms with E-state index in [0.717, 1.165) is 31.2 Å². The summed E-state index contributed by atoms with van der Waals surface area (Å²) in [6.45, 7) is 7.14. The Hall–Kier alpha value is -3.93. The maximum atomic E-state index is 15.4. The Morgan fingerprint density at radius 2 is 1.81 bits per heavy atom. The number of nitrogens with zero attached hydrogens (tertiary/aromatic N) is 3. The highest BCUT2D eigenvalue weighted by molar-refractivity contribution is 6.32. The third-order valence-corrected chi connectivity index (χ3v) is 7.58. The smallest absolute Gasteiger partial charge is 0.421 e. The molecule has 0 aliphatic heterocycles. The SMILES string of the molecule is Cc1ccc(Nc2cnc(Oc3cc(C(=O)O)c(N(C(=O)C4CCC(C)CC4)C(C)C)cc3F)c(C(F)(F)F)c2)c(Cl)n1. The molecule has 13 heteroatoms. The minimum absolute atomic E-state index is 0.0317. The van der Waals surface area contributed by atoms with Gasteiger partial charge in [-0.25, -0.2) is 19.2 Å². The van der Waals surface area contributed by atoms with Crippen molar-refractivity contribution in [2.45, 2.75) is 65.6 Å². The molecule has 2 N–H and O–H groups in total. The number of halogens is 5. The van der Waals surface area contributed by atoms with Gasteiger partial charge < -0.3 is 20.1 Å². The molecule has 1 saturated carbocycles. The molecule has 1 aliphatic rings. The first-order valence-electron chi connectivity index (χ1n) is 13.7. The zero-order chi connectivity index (χ0) is 31.6. The standard InChI is InChI=1S/C30H31ClF4N4O4/c1-15(2)39(28(40)18-8-5-16(3)6-9-18)24-13-22(32)25(12-20(24)29(41)42)43-27-21(30(33,34)35)11-19(14-36-27)38-23-10-7-17(4)37-26(23)31/h7,10-16,18,38H,5-6,8-9H2,1-4H3,(H,41,42). The topological polar surface area (TPSA) is 105 Å². The Morgan fingerprint density at radius 3 is 2.40 bits per heavy atom. The van der Waals surface area contributed by atoms with Crippen molar-refractivity contribution in [3.63, 3.8) is 0 Å². The number of carboxylic acid groups (broad SMARTS) is 1. The number of rotatable bonds is 8. The number of anilines is 3. The van der Waals surface area contributed by atoms with E-state index in [4.69, 9.17) is 16.3 Å². The fourth-order valence-corrected chi connectivity index (χ4v) is 5.27. The van der Waals surface area contributed by atoms with Crippen molar-refractivity contribution >= 4 is 40.5 Å². The van der Waals surface area contributed by atoms with Crippen LogP contribution in [0.25, 0.3) is 0 Å². The third-order valence-electron chi connectivity index (χ3n) is 7.29. The van der Waals surface area contributed by atoms with Gasteiger partial charge in [-0.15, -0.1) is 0 Å². The van der Waals surface area contributed by atoms with Crippen molar-refractivity contribution in [3.8, 4) is 11.6 Å². The molecule has 1 aliphatic carbocycles. The molecule has 3 aromatic rings. The van der Waals surface area contributed by atoms with E-state index in [1.165, 1.54) is 11.0 Å². The van der Waals surface area contributed by atoms with Crippen molar-refractivity contribution in [2.75, 3.05) is 10.2 Å². The number of pyridine rings is 2. The fourth-order valence-electron chi connectivity index (χ4n) is 5.03. The van der Waals surface area contributed by atoms with Crippen molar-refractivity contribution in [2.24, 2.45) is 11.8 Å². The van der Waals surface area contributed by atoms with Gasteiger partial charge >= 0.3 is 12.1 Å². The van der Waals surface area contributed by atoms with E-state index in [0.29, 0.717) is 30.5 Å². The molecular formula is C30H31ClF4N4O4. The summed E-state index contributed by atoms with van der Waals surface area (Å²) >= 11 is 6.07. The van der Waals surface area contributed by atoms with Gasteiger partial charge in [0.15, 0.2) is 16.7 Å². The van der Waals surface area contributed by atoms with Gasteiger partial charge in [0.1, 0.15) is 5.56 Å². The molecule has 8 nitrogen and oxygen atoms in total. The Labute approximate surface area is 251 Å². The average Bonchev–Trinajstić information content (AvgIpc) is 2.91. The number of hydrogen-bond donors (Lipinski definition) is 2. The number of carbonyl (C=O) groups is 2. The second kappa shape index (κ2) is 12.7. The van der Waals surface area contributed by atoms with Gasteiger partial charge in [-0.2, -0.15) is 13.2 Å². The minimum atomic E-state index is -4.97. The number of nitrogens with one attached hydrogen (secondary N) is 1. The summed E-state index contributed by atoms with van der Waals surface area (Å²) in [7, 11) is 0. The molecule has 0 atom stereocenters. The van der Waals surface area contributed by atoms with Crippen LogP contribution in [0, 0.1) is 24.6 Å². The van der Waals surface area contributed by atoms with Gasteiger partial charge in [0.25, 0.3) is 0 Å². The van der Waals surface area contributed by atoms with Crippen molar-refractivity contribution < 1.29 is 37.0 Å². The number of carboxylic acids is 1. The van der Waals surface area contributed by atoms with Gasteiger partial charge in [-0.3, -0.25) is 4.79 Å². The van der Waals surface area contributed by atoms with Crippen LogP contribution in [0.4, 0.5) is 34.6 Å². The lowest BCUT2D eigenvalue weighted by molar-refractivity contribution is -0.138. The molecule has 1 amide bonds. The normalized spacial score (nSPS) is 17.1. The first-order chi connectivity index (χ1) is 20.1. The predicted octanol–water partition coefficient (Wildman–Crippen LogP) is 8.40. The maximum absolute atomic E-state index is 15.4. The van der Waals surface area contributed by atoms with Gasteiger partial charge in [0, 0.05) is 29.8 Å². The van der Waals surface area contributed by atoms with E-state index in [9.17, 15) is 27.9 Å². The van der Waals surface area contributed by atoms with Crippen LogP contribution in [0.5, 0.6) is 11.6 Å². The first-order valence-corrected chi connectivity index (χ1v) is 14.1. The van der Waals surface area contributed by atoms with Crippen LogP contribution < -0.4 is 15.0 Å². The molecule has 0 unspecified atom stereocenters. The van der Waals surface area contributed by atoms with Crippen LogP contribution in [0.15, 0.2) is 36.5 Å². The van der Waals surface area contributed by atoms with Gasteiger partial charge in [0.05, 0.1) is 28.8 Å². The summed E-state index contributed by atoms with van der Waals surface area (Å²) in [4.78, 5) is 34.8. The van der Waals surface area contributed by atoms with Gasteiger partial charge in [-0.1, -0.05) is 18.5 Å². The molecule has 4 rings (SSSR count). The third kappa shape index (κ3) is 7.35. The molecule has 0 bridgehead atoms. The summed E-state index contributed by atoms with van der Waals surface area (Å²) in [5.41, 5.74) is -1.32. The van der Waals surface area contributed by atoms with Gasteiger partial charge in [-0.05, 0) is 70.6 Å². The Kier molecular flexibility index (Phi) is 9.48. The van der Waals surface area contributed by atoms with Crippen LogP contribution in [-0.4, -0.2) is 33.0 Å². The van der Waals surface area contributed by atoms with Crippen molar-refractivity contribution in [1.82, 2.24) is 9.97 Å². The molecule has 2 heterocycles. The van der Waals surface area contributed by atoms with E-state index in [-0.39, 0.29) is 34.0 Å². The summed E-state index contributed by atoms with van der Waals surface area (Å²) in [6.07, 6.45) is -1.02. The van der Waals surface area contributed by atoms with Crippen LogP contribution >= 0.6 is 11.6 Å². The number of aryl methyl sites for hydroxylation is 1. The number of benzene rings is 1. The summed E-state index contributed by atoms with van der Waals surface area (Å²) < 4.78 is 62.8. The Morgan fingerprint density at radius 1 is 1.14 bits per heavy atom. The van der Waals surface area contributed by atoms with E-state index in [1.807, 2.05) is 0 Å². The van der Waals surface area contributed by atoms with Crippen LogP contribution in [0.3, 0.4) is 0 Å². The van der Waals surface area contributed by atoms with E-state index < -0.39 is 46.8 Å². The average molecular weight is 623 g/mol. The molecule has 0 saturated heterocycles. The van der Waals surface area contributed by atoms with E-state index >= 15 is 4.39 Å².